The van der Waals surface area contributed by atoms with Crippen molar-refractivity contribution in [3.05, 3.63) is 53.6 Å². The average molecular weight is 407 g/mol. The summed E-state index contributed by atoms with van der Waals surface area (Å²) in [5, 5.41) is 7.64. The number of halogens is 2. The van der Waals surface area contributed by atoms with Gasteiger partial charge in [0.25, 0.3) is 0 Å². The molecule has 0 saturated carbocycles. The Hall–Kier alpha value is -1.92. The molecule has 0 radical (unpaired) electrons. The van der Waals surface area contributed by atoms with Crippen LogP contribution < -0.4 is 5.32 Å². The van der Waals surface area contributed by atoms with Crippen LogP contribution in [-0.4, -0.2) is 46.8 Å². The maximum absolute atomic E-state index is 13.1. The lowest BCUT2D eigenvalue weighted by molar-refractivity contribution is -0.136. The highest BCUT2D eigenvalue weighted by Gasteiger charge is 2.37. The molecule has 0 bridgehead atoms. The number of rotatable bonds is 4. The quantitative estimate of drug-likeness (QED) is 0.849. The number of piperidine rings is 1. The van der Waals surface area contributed by atoms with E-state index in [1.165, 1.54) is 17.7 Å². The molecule has 0 unspecified atom stereocenters. The van der Waals surface area contributed by atoms with Crippen LogP contribution in [0.15, 0.2) is 36.7 Å². The highest BCUT2D eigenvalue weighted by molar-refractivity contribution is 5.85. The Labute approximate surface area is 171 Å². The molecular formula is C21H28ClFN4O. The zero-order valence-corrected chi connectivity index (χ0v) is 17.0. The zero-order valence-electron chi connectivity index (χ0n) is 16.2. The van der Waals surface area contributed by atoms with Gasteiger partial charge in [0.1, 0.15) is 5.82 Å². The summed E-state index contributed by atoms with van der Waals surface area (Å²) >= 11 is 0. The third-order valence-electron chi connectivity index (χ3n) is 6.05. The Balaban J connectivity index is 0.00000225. The van der Waals surface area contributed by atoms with Crippen molar-refractivity contribution < 1.29 is 9.18 Å². The lowest BCUT2D eigenvalue weighted by Gasteiger charge is -2.34. The topological polar surface area (TPSA) is 50.2 Å². The summed E-state index contributed by atoms with van der Waals surface area (Å²) in [6.45, 7) is 3.22. The third-order valence-corrected chi connectivity index (χ3v) is 6.05. The molecule has 2 aliphatic heterocycles. The van der Waals surface area contributed by atoms with Gasteiger partial charge in [-0.05, 0) is 48.4 Å². The molecule has 0 aliphatic carbocycles. The second kappa shape index (κ2) is 9.05. The van der Waals surface area contributed by atoms with Crippen LogP contribution in [-0.2, 0) is 18.3 Å². The van der Waals surface area contributed by atoms with E-state index < -0.39 is 0 Å². The summed E-state index contributed by atoms with van der Waals surface area (Å²) < 4.78 is 14.9. The van der Waals surface area contributed by atoms with Gasteiger partial charge in [0.2, 0.25) is 5.91 Å². The fourth-order valence-electron chi connectivity index (χ4n) is 4.47. The number of amides is 1. The van der Waals surface area contributed by atoms with E-state index in [1.807, 2.05) is 36.5 Å². The molecule has 152 valence electrons. The highest BCUT2D eigenvalue weighted by atomic mass is 35.5. The molecule has 1 amide bonds. The van der Waals surface area contributed by atoms with Gasteiger partial charge >= 0.3 is 0 Å². The van der Waals surface area contributed by atoms with E-state index >= 15 is 0 Å². The molecule has 2 aromatic rings. The first kappa shape index (κ1) is 20.8. The Morgan fingerprint density at radius 2 is 1.93 bits per heavy atom. The molecule has 4 rings (SSSR count). The first-order chi connectivity index (χ1) is 13.1. The van der Waals surface area contributed by atoms with Crippen molar-refractivity contribution in [2.24, 2.45) is 18.9 Å². The van der Waals surface area contributed by atoms with Crippen molar-refractivity contribution in [3.8, 4) is 0 Å². The fourth-order valence-corrected chi connectivity index (χ4v) is 4.47. The number of nitrogens with one attached hydrogen (secondary N) is 1. The molecule has 1 aromatic heterocycles. The number of aryl methyl sites for hydroxylation is 1. The number of benzene rings is 1. The van der Waals surface area contributed by atoms with Crippen LogP contribution in [0.1, 0.15) is 29.9 Å². The van der Waals surface area contributed by atoms with E-state index in [-0.39, 0.29) is 36.0 Å². The smallest absolute Gasteiger partial charge is 0.227 e. The fraction of sp³-hybridized carbons (Fsp3) is 0.524. The van der Waals surface area contributed by atoms with Gasteiger partial charge in [-0.3, -0.25) is 9.48 Å². The van der Waals surface area contributed by atoms with Crippen molar-refractivity contribution in [1.82, 2.24) is 20.0 Å². The summed E-state index contributed by atoms with van der Waals surface area (Å²) in [6.07, 6.45) is 6.90. The largest absolute Gasteiger partial charge is 0.342 e. The SMILES string of the molecule is Cl.Cn1cc([C@H]2CNC[C@@H]2C(=O)N2CCC(Cc3ccc(F)cc3)CC2)cn1. The van der Waals surface area contributed by atoms with Gasteiger partial charge in [0, 0.05) is 45.3 Å². The second-order valence-electron chi connectivity index (χ2n) is 7.92. The minimum atomic E-state index is -0.187. The maximum atomic E-state index is 13.1. The number of likely N-dealkylation sites (tertiary alicyclic amines) is 1. The minimum Gasteiger partial charge on any atom is -0.342 e. The monoisotopic (exact) mass is 406 g/mol. The first-order valence-corrected chi connectivity index (χ1v) is 9.82. The molecular weight excluding hydrogens is 379 g/mol. The van der Waals surface area contributed by atoms with Gasteiger partial charge < -0.3 is 10.2 Å². The molecule has 2 aliphatic rings. The molecule has 0 spiro atoms. The van der Waals surface area contributed by atoms with Crippen LogP contribution in [0, 0.1) is 17.7 Å². The van der Waals surface area contributed by atoms with E-state index in [2.05, 4.69) is 10.4 Å². The van der Waals surface area contributed by atoms with Crippen LogP contribution in [0.5, 0.6) is 0 Å². The number of nitrogens with zero attached hydrogens (tertiary/aromatic N) is 3. The van der Waals surface area contributed by atoms with Crippen LogP contribution in [0.3, 0.4) is 0 Å². The van der Waals surface area contributed by atoms with Gasteiger partial charge in [0.15, 0.2) is 0 Å². The first-order valence-electron chi connectivity index (χ1n) is 9.82. The lowest BCUT2D eigenvalue weighted by atomic mass is 9.87. The Morgan fingerprint density at radius 3 is 2.57 bits per heavy atom. The van der Waals surface area contributed by atoms with Gasteiger partial charge in [-0.25, -0.2) is 4.39 Å². The predicted molar refractivity (Wildman–Crippen MR) is 109 cm³/mol. The summed E-state index contributed by atoms with van der Waals surface area (Å²) in [4.78, 5) is 15.2. The third kappa shape index (κ3) is 4.55. The summed E-state index contributed by atoms with van der Waals surface area (Å²) in [7, 11) is 1.91. The standard InChI is InChI=1S/C21H27FN4O.ClH/c1-25-14-17(11-24-25)19-12-23-13-20(19)21(27)26-8-6-16(7-9-26)10-15-2-4-18(22)5-3-15;/h2-5,11,14,16,19-20,23H,6-10,12-13H2,1H3;1H/t19-,20+;/m1./s1. The summed E-state index contributed by atoms with van der Waals surface area (Å²) in [5.41, 5.74) is 2.32. The van der Waals surface area contributed by atoms with E-state index in [0.717, 1.165) is 51.0 Å². The molecule has 2 atom stereocenters. The molecule has 5 nitrogen and oxygen atoms in total. The second-order valence-corrected chi connectivity index (χ2v) is 7.92. The minimum absolute atomic E-state index is 0. The van der Waals surface area contributed by atoms with Crippen LogP contribution in [0.25, 0.3) is 0 Å². The Bertz CT molecular complexity index is 786. The molecule has 2 saturated heterocycles. The van der Waals surface area contributed by atoms with Gasteiger partial charge in [0.05, 0.1) is 12.1 Å². The van der Waals surface area contributed by atoms with Crippen molar-refractivity contribution in [1.29, 1.82) is 0 Å². The summed E-state index contributed by atoms with van der Waals surface area (Å²) in [5.74, 6) is 0.864. The van der Waals surface area contributed by atoms with E-state index in [4.69, 9.17) is 0 Å². The molecule has 28 heavy (non-hydrogen) atoms. The molecule has 2 fully saturated rings. The molecule has 1 aromatic carbocycles. The average Bonchev–Trinajstić information content (AvgIpc) is 3.32. The van der Waals surface area contributed by atoms with E-state index in [9.17, 15) is 9.18 Å². The Kier molecular flexibility index (Phi) is 6.73. The lowest BCUT2D eigenvalue weighted by Crippen LogP contribution is -2.43. The number of carbonyl (C=O) groups is 1. The van der Waals surface area contributed by atoms with Gasteiger partial charge in [-0.2, -0.15) is 5.10 Å². The van der Waals surface area contributed by atoms with Crippen molar-refractivity contribution in [3.63, 3.8) is 0 Å². The molecule has 3 heterocycles. The van der Waals surface area contributed by atoms with Crippen LogP contribution in [0.2, 0.25) is 0 Å². The molecule has 1 N–H and O–H groups in total. The number of aromatic nitrogens is 2. The van der Waals surface area contributed by atoms with E-state index in [0.29, 0.717) is 5.92 Å². The maximum Gasteiger partial charge on any atom is 0.227 e. The van der Waals surface area contributed by atoms with Crippen molar-refractivity contribution in [2.75, 3.05) is 26.2 Å². The normalized spacial score (nSPS) is 22.9. The van der Waals surface area contributed by atoms with Gasteiger partial charge in [-0.1, -0.05) is 12.1 Å². The van der Waals surface area contributed by atoms with E-state index in [1.54, 1.807) is 4.68 Å². The number of hydrogen-bond acceptors (Lipinski definition) is 3. The zero-order chi connectivity index (χ0) is 18.8. The van der Waals surface area contributed by atoms with Gasteiger partial charge in [-0.15, -0.1) is 12.4 Å². The number of hydrogen-bond donors (Lipinski definition) is 1. The highest BCUT2D eigenvalue weighted by Crippen LogP contribution is 2.31. The number of carbonyl (C=O) groups excluding carboxylic acids is 1. The predicted octanol–water partition coefficient (Wildman–Crippen LogP) is 2.77. The molecule has 7 heteroatoms. The van der Waals surface area contributed by atoms with Crippen molar-refractivity contribution >= 4 is 18.3 Å². The van der Waals surface area contributed by atoms with Crippen LogP contribution >= 0.6 is 12.4 Å². The van der Waals surface area contributed by atoms with Crippen LogP contribution in [0.4, 0.5) is 4.39 Å². The Morgan fingerprint density at radius 1 is 1.21 bits per heavy atom. The van der Waals surface area contributed by atoms with Crippen molar-refractivity contribution in [2.45, 2.75) is 25.2 Å². The summed E-state index contributed by atoms with van der Waals surface area (Å²) in [6, 6.07) is 6.80.